The van der Waals surface area contributed by atoms with Gasteiger partial charge in [-0.2, -0.15) is 0 Å². The third-order valence-corrected chi connectivity index (χ3v) is 7.06. The molecular weight excluding hydrogens is 430 g/mol. The molecule has 206 valence electrons. The van der Waals surface area contributed by atoms with Crippen LogP contribution in [0.1, 0.15) is 142 Å². The molecule has 3 nitrogen and oxygen atoms in total. The van der Waals surface area contributed by atoms with Crippen molar-refractivity contribution < 1.29 is 9.47 Å². The molecule has 0 aromatic heterocycles. The minimum Gasteiger partial charge on any atom is -0.351 e. The molecule has 0 aromatic carbocycles. The average molecular weight is 492 g/mol. The van der Waals surface area contributed by atoms with Gasteiger partial charge in [0.15, 0.2) is 6.29 Å². The highest BCUT2D eigenvalue weighted by Crippen LogP contribution is 2.13. The molecule has 0 spiro atoms. The Kier molecular flexibility index (Phi) is 24.5. The van der Waals surface area contributed by atoms with E-state index in [4.69, 9.17) is 9.47 Å². The Morgan fingerprint density at radius 3 is 1.60 bits per heavy atom. The molecular formula is C32H61NO2. The highest BCUT2D eigenvalue weighted by Gasteiger charge is 2.18. The predicted octanol–water partition coefficient (Wildman–Crippen LogP) is 9.62. The molecule has 1 unspecified atom stereocenters. The first-order chi connectivity index (χ1) is 17.4. The normalized spacial score (nSPS) is 15.7. The van der Waals surface area contributed by atoms with Crippen LogP contribution in [0.2, 0.25) is 0 Å². The van der Waals surface area contributed by atoms with E-state index in [1.54, 1.807) is 0 Å². The highest BCUT2D eigenvalue weighted by atomic mass is 16.7. The summed E-state index contributed by atoms with van der Waals surface area (Å²) in [6.07, 6.45) is 35.3. The summed E-state index contributed by atoms with van der Waals surface area (Å²) >= 11 is 0. The van der Waals surface area contributed by atoms with Crippen LogP contribution in [0.3, 0.4) is 0 Å². The number of rotatable bonds is 26. The fourth-order valence-corrected chi connectivity index (χ4v) is 4.73. The van der Waals surface area contributed by atoms with Gasteiger partial charge in [0.1, 0.15) is 0 Å². The topological polar surface area (TPSA) is 21.7 Å². The number of allylic oxidation sites excluding steroid dienone is 4. The molecule has 1 rings (SSSR count). The Hall–Kier alpha value is -0.640. The molecule has 0 bridgehead atoms. The van der Waals surface area contributed by atoms with Gasteiger partial charge >= 0.3 is 0 Å². The lowest BCUT2D eigenvalue weighted by Gasteiger charge is -2.24. The van der Waals surface area contributed by atoms with Gasteiger partial charge in [0.2, 0.25) is 0 Å². The quantitative estimate of drug-likeness (QED) is 0.0683. The minimum atomic E-state index is -0.0262. The number of hydrogen-bond acceptors (Lipinski definition) is 3. The number of unbranched alkanes of at least 4 members (excludes halogenated alkanes) is 14. The zero-order valence-corrected chi connectivity index (χ0v) is 23.8. The summed E-state index contributed by atoms with van der Waals surface area (Å²) in [4.78, 5) is 2.52. The van der Waals surface area contributed by atoms with Crippen LogP contribution >= 0.6 is 0 Å². The van der Waals surface area contributed by atoms with E-state index < -0.39 is 0 Å². The van der Waals surface area contributed by atoms with E-state index in [0.717, 1.165) is 26.2 Å². The van der Waals surface area contributed by atoms with E-state index in [9.17, 15) is 0 Å². The van der Waals surface area contributed by atoms with Crippen molar-refractivity contribution in [2.45, 2.75) is 149 Å². The zero-order valence-electron chi connectivity index (χ0n) is 23.8. The maximum Gasteiger partial charge on any atom is 0.170 e. The van der Waals surface area contributed by atoms with Gasteiger partial charge in [-0.05, 0) is 70.9 Å². The summed E-state index contributed by atoms with van der Waals surface area (Å²) in [7, 11) is 0. The molecule has 1 heterocycles. The number of ether oxygens (including phenoxy) is 2. The molecule has 0 radical (unpaired) electrons. The van der Waals surface area contributed by atoms with Crippen LogP contribution < -0.4 is 0 Å². The Morgan fingerprint density at radius 1 is 0.571 bits per heavy atom. The van der Waals surface area contributed by atoms with Crippen LogP contribution in [0, 0.1) is 0 Å². The largest absolute Gasteiger partial charge is 0.351 e. The Balaban J connectivity index is 1.97. The van der Waals surface area contributed by atoms with Crippen molar-refractivity contribution in [1.29, 1.82) is 0 Å². The summed E-state index contributed by atoms with van der Waals surface area (Å²) in [6.45, 7) is 9.63. The van der Waals surface area contributed by atoms with Crippen LogP contribution in [0.25, 0.3) is 0 Å². The van der Waals surface area contributed by atoms with Crippen LogP contribution in [0.15, 0.2) is 24.3 Å². The van der Waals surface area contributed by atoms with Crippen molar-refractivity contribution in [2.24, 2.45) is 0 Å². The smallest absolute Gasteiger partial charge is 0.170 e. The van der Waals surface area contributed by atoms with Crippen molar-refractivity contribution >= 4 is 0 Å². The maximum absolute atomic E-state index is 6.19. The van der Waals surface area contributed by atoms with Crippen molar-refractivity contribution in [3.8, 4) is 0 Å². The molecule has 1 atom stereocenters. The molecule has 0 N–H and O–H groups in total. The van der Waals surface area contributed by atoms with E-state index in [1.165, 1.54) is 135 Å². The Labute approximate surface area is 220 Å². The summed E-state index contributed by atoms with van der Waals surface area (Å²) in [5, 5.41) is 0. The van der Waals surface area contributed by atoms with Crippen LogP contribution in [0.4, 0.5) is 0 Å². The van der Waals surface area contributed by atoms with Crippen molar-refractivity contribution in [1.82, 2.24) is 4.90 Å². The van der Waals surface area contributed by atoms with Crippen LogP contribution in [0.5, 0.6) is 0 Å². The summed E-state index contributed by atoms with van der Waals surface area (Å²) in [6, 6.07) is 0. The third-order valence-electron chi connectivity index (χ3n) is 7.06. The van der Waals surface area contributed by atoms with E-state index in [2.05, 4.69) is 43.1 Å². The average Bonchev–Trinajstić information content (AvgIpc) is 3.38. The maximum atomic E-state index is 6.19. The lowest BCUT2D eigenvalue weighted by atomic mass is 10.1. The predicted molar refractivity (Wildman–Crippen MR) is 154 cm³/mol. The van der Waals surface area contributed by atoms with E-state index in [0.29, 0.717) is 0 Å². The van der Waals surface area contributed by atoms with Crippen molar-refractivity contribution in [2.75, 3.05) is 32.8 Å². The first-order valence-electron chi connectivity index (χ1n) is 15.6. The fraction of sp³-hybridized carbons (Fsp3) is 0.875. The fourth-order valence-electron chi connectivity index (χ4n) is 4.73. The standard InChI is InChI=1S/C32H61NO2/c1-3-5-7-9-11-12-13-14-15-16-17-18-19-20-22-26-30-35-32(31-33-27-23-24-28-33)34-29-25-21-10-8-6-4-2/h11-12,14-15,32H,3-10,13,16-31H2,1-2H3/b12-11-,15-14-. The SMILES string of the molecule is CCCCC/C=C\C/C=C\CCCCCCCCOC(CN1CCCC1)OCCCCCCCC. The number of nitrogens with zero attached hydrogens (tertiary/aromatic N) is 1. The van der Waals surface area contributed by atoms with E-state index >= 15 is 0 Å². The van der Waals surface area contributed by atoms with Gasteiger partial charge in [-0.1, -0.05) is 109 Å². The van der Waals surface area contributed by atoms with Crippen LogP contribution in [-0.4, -0.2) is 44.0 Å². The van der Waals surface area contributed by atoms with E-state index in [1.807, 2.05) is 0 Å². The molecule has 1 fully saturated rings. The molecule has 1 saturated heterocycles. The van der Waals surface area contributed by atoms with Gasteiger partial charge < -0.3 is 9.47 Å². The summed E-state index contributed by atoms with van der Waals surface area (Å²) in [5.41, 5.74) is 0. The molecule has 0 saturated carbocycles. The van der Waals surface area contributed by atoms with Crippen LogP contribution in [-0.2, 0) is 9.47 Å². The van der Waals surface area contributed by atoms with E-state index in [-0.39, 0.29) is 6.29 Å². The minimum absolute atomic E-state index is 0.0262. The second kappa shape index (κ2) is 26.4. The van der Waals surface area contributed by atoms with Gasteiger partial charge in [0, 0.05) is 19.8 Å². The molecule has 1 aliphatic rings. The summed E-state index contributed by atoms with van der Waals surface area (Å²) < 4.78 is 12.4. The molecule has 35 heavy (non-hydrogen) atoms. The number of likely N-dealkylation sites (tertiary alicyclic amines) is 1. The lowest BCUT2D eigenvalue weighted by Crippen LogP contribution is -2.34. The second-order valence-electron chi connectivity index (χ2n) is 10.5. The zero-order chi connectivity index (χ0) is 25.1. The first-order valence-corrected chi connectivity index (χ1v) is 15.6. The second-order valence-corrected chi connectivity index (χ2v) is 10.5. The molecule has 3 heteroatoms. The van der Waals surface area contributed by atoms with Crippen molar-refractivity contribution in [3.63, 3.8) is 0 Å². The van der Waals surface area contributed by atoms with Gasteiger partial charge in [-0.25, -0.2) is 0 Å². The first kappa shape index (κ1) is 32.4. The molecule has 0 aliphatic carbocycles. The Bertz CT molecular complexity index is 470. The van der Waals surface area contributed by atoms with Gasteiger partial charge in [-0.3, -0.25) is 4.90 Å². The molecule has 0 amide bonds. The van der Waals surface area contributed by atoms with Gasteiger partial charge in [0.25, 0.3) is 0 Å². The van der Waals surface area contributed by atoms with Gasteiger partial charge in [0.05, 0.1) is 0 Å². The summed E-state index contributed by atoms with van der Waals surface area (Å²) in [5.74, 6) is 0. The molecule has 1 aliphatic heterocycles. The van der Waals surface area contributed by atoms with Gasteiger partial charge in [-0.15, -0.1) is 0 Å². The third kappa shape index (κ3) is 22.3. The lowest BCUT2D eigenvalue weighted by molar-refractivity contribution is -0.152. The number of hydrogen-bond donors (Lipinski definition) is 0. The highest BCUT2D eigenvalue weighted by molar-refractivity contribution is 4.92. The molecule has 0 aromatic rings. The van der Waals surface area contributed by atoms with Crippen molar-refractivity contribution in [3.05, 3.63) is 24.3 Å². The monoisotopic (exact) mass is 491 g/mol. The Morgan fingerprint density at radius 2 is 1.03 bits per heavy atom.